The number of aliphatic hydroxyl groups excluding tert-OH is 5. The van der Waals surface area contributed by atoms with Gasteiger partial charge in [-0.1, -0.05) is 263 Å². The van der Waals surface area contributed by atoms with Gasteiger partial charge in [0.1, 0.15) is 109 Å². The minimum absolute atomic E-state index is 0.203. The Hall–Kier alpha value is -10.0. The average Bonchev–Trinajstić information content (AvgIpc) is 0.855. The number of unbranched alkanes of at least 4 members (excludes halogenated alkanes) is 3. The molecule has 11 aromatic carbocycles. The van der Waals surface area contributed by atoms with Crippen LogP contribution < -0.4 is 56.8 Å². The molecule has 718 valence electrons. The van der Waals surface area contributed by atoms with Gasteiger partial charge in [0.05, 0.1) is 65.1 Å². The molecule has 4 atom stereocenters. The summed E-state index contributed by atoms with van der Waals surface area (Å²) in [4.78, 5) is 0. The summed E-state index contributed by atoms with van der Waals surface area (Å²) >= 11 is 24.5. The van der Waals surface area contributed by atoms with Crippen LogP contribution in [0.25, 0.3) is 0 Å². The predicted octanol–water partition coefficient (Wildman–Crippen LogP) is 28.6. The molecule has 0 aliphatic carbocycles. The van der Waals surface area contributed by atoms with Crippen molar-refractivity contribution in [3.63, 3.8) is 0 Å². The van der Waals surface area contributed by atoms with Gasteiger partial charge in [0.2, 0.25) is 0 Å². The van der Waals surface area contributed by atoms with Gasteiger partial charge in [-0.15, -0.1) is 0 Å². The Morgan fingerprint density at radius 2 is 0.606 bits per heavy atom. The zero-order valence-corrected chi connectivity index (χ0v) is 82.6. The van der Waals surface area contributed by atoms with E-state index in [0.29, 0.717) is 85.3 Å². The maximum Gasteiger partial charge on any atom is 0.125 e. The molecular formula is C111H144Cl4O17. The number of ether oxygens (including phenoxy) is 12. The Kier molecular flexibility index (Phi) is 58.7. The van der Waals surface area contributed by atoms with Crippen LogP contribution in [0.3, 0.4) is 0 Å². The lowest BCUT2D eigenvalue weighted by atomic mass is 10.1. The lowest BCUT2D eigenvalue weighted by molar-refractivity contribution is 0.0700. The lowest BCUT2D eigenvalue weighted by Crippen LogP contribution is -2.23. The smallest absolute Gasteiger partial charge is 0.125 e. The van der Waals surface area contributed by atoms with Gasteiger partial charge in [-0.25, -0.2) is 0 Å². The molecule has 0 saturated carbocycles. The zero-order valence-electron chi connectivity index (χ0n) is 79.6. The summed E-state index contributed by atoms with van der Waals surface area (Å²) < 4.78 is 67.0. The first-order valence-electron chi connectivity index (χ1n) is 46.5. The standard InChI is InChI=1S/C18H22O3.C18H22O2.C17H18Cl2O2.C17H18Cl2O.2C14H22O3.C13H20O3/c1-3-7-17(19)14-9-6-10-16(12-14)21-13-15-8-4-5-11-18(15)20-2;1-3-4-8-15-9-7-11-17(13-15)20-14-16-10-5-6-12-18(16)19-2;1-2-5-17(20)12-6-3-7-13(10-12)21-11-14-15(18)8-4-9-16(14)19;1-2-3-6-13-7-4-8-14(11-13)20-12-15-16(18)9-5-10-17(15)19;1-4-8-16-12-6-5-7-13(9-12)17-10-14(15)11(2)3;1-3-6-12(15)11-17-14-8-5-7-13(10-14)16-9-4-2;1-2-9-15-12-6-5-7-13(11-12)16-10-4-3-8-14/h4-6,8-12,17,19H,3,7,13H2,1-2H3;5-7,9-13H,3-4,8,14H2,1-2H3;3-4,6-10,17,20H,2,5,11H2,1H3;4-5,7-11H,2-3,6,12H2,1H3;5-7,9,11,14-15H,4,8,10H2,1-3H3;5,7-8,10,12,15H,3-4,6,9,11H2,1-2H3;5-7,11,14H,2-4,8-10H2,1H3. The molecule has 17 nitrogen and oxygen atoms in total. The van der Waals surface area contributed by atoms with Gasteiger partial charge in [0, 0.05) is 67.2 Å². The minimum atomic E-state index is -0.456. The molecule has 11 aromatic rings. The third-order valence-electron chi connectivity index (χ3n) is 20.0. The molecule has 0 aliphatic heterocycles. The second kappa shape index (κ2) is 68.9. The topological polar surface area (TPSA) is 212 Å². The van der Waals surface area contributed by atoms with E-state index in [4.69, 9.17) is 108 Å². The van der Waals surface area contributed by atoms with E-state index in [0.717, 1.165) is 187 Å². The first-order chi connectivity index (χ1) is 64.1. The van der Waals surface area contributed by atoms with Gasteiger partial charge < -0.3 is 82.4 Å². The van der Waals surface area contributed by atoms with Crippen molar-refractivity contribution in [2.24, 2.45) is 5.92 Å². The molecule has 0 fully saturated rings. The molecule has 0 radical (unpaired) electrons. The van der Waals surface area contributed by atoms with Gasteiger partial charge in [0.15, 0.2) is 0 Å². The molecule has 0 heterocycles. The van der Waals surface area contributed by atoms with E-state index >= 15 is 0 Å². The Labute approximate surface area is 807 Å². The van der Waals surface area contributed by atoms with E-state index in [1.165, 1.54) is 36.8 Å². The van der Waals surface area contributed by atoms with E-state index < -0.39 is 18.3 Å². The maximum atomic E-state index is 10.0. The van der Waals surface area contributed by atoms with Crippen molar-refractivity contribution in [3.8, 4) is 69.0 Å². The highest BCUT2D eigenvalue weighted by Gasteiger charge is 2.16. The van der Waals surface area contributed by atoms with Crippen LogP contribution in [0.1, 0.15) is 222 Å². The van der Waals surface area contributed by atoms with Gasteiger partial charge >= 0.3 is 0 Å². The van der Waals surface area contributed by atoms with Crippen LogP contribution in [-0.2, 0) is 39.3 Å². The summed E-state index contributed by atoms with van der Waals surface area (Å²) in [5.41, 5.74) is 8.05. The van der Waals surface area contributed by atoms with E-state index in [-0.39, 0.29) is 18.6 Å². The van der Waals surface area contributed by atoms with Gasteiger partial charge in [-0.2, -0.15) is 0 Å². The average molecular weight is 1890 g/mol. The highest BCUT2D eigenvalue weighted by Crippen LogP contribution is 2.33. The van der Waals surface area contributed by atoms with Crippen LogP contribution in [0.5, 0.6) is 69.0 Å². The molecule has 0 spiro atoms. The molecule has 5 N–H and O–H groups in total. The molecular weight excluding hydrogens is 1750 g/mol. The molecule has 0 amide bonds. The number of hydrogen-bond acceptors (Lipinski definition) is 17. The summed E-state index contributed by atoms with van der Waals surface area (Å²) in [5, 5.41) is 50.3. The van der Waals surface area contributed by atoms with Crippen LogP contribution in [-0.4, -0.2) is 98.2 Å². The highest BCUT2D eigenvalue weighted by atomic mass is 35.5. The number of methoxy groups -OCH3 is 2. The Balaban J connectivity index is 0.000000273. The number of halogens is 4. The first-order valence-corrected chi connectivity index (χ1v) is 48.0. The summed E-state index contributed by atoms with van der Waals surface area (Å²) in [6.45, 7) is 26.0. The van der Waals surface area contributed by atoms with Crippen LogP contribution >= 0.6 is 46.4 Å². The molecule has 11 rings (SSSR count). The SMILES string of the molecule is CCCC(O)c1cccc(OCc2c(Cl)cccc2Cl)c1.CCCC(O)c1cccc(OCc2ccccc2OC)c1.CCCCc1cccc(OCc2c(Cl)cccc2Cl)c1.CCCCc1cccc(OCc2ccccc2OC)c1.CCCOc1cccc(OCC(O)C(C)C)c1.CCCOc1cccc(OCC(O)CCC)c1.CCCOc1cccc(OCCCCO)c1. The number of rotatable bonds is 49. The first kappa shape index (κ1) is 112. The summed E-state index contributed by atoms with van der Waals surface area (Å²) in [7, 11) is 3.34. The second-order valence-electron chi connectivity index (χ2n) is 31.6. The van der Waals surface area contributed by atoms with Crippen LogP contribution in [0.2, 0.25) is 20.1 Å². The molecule has 0 saturated heterocycles. The quantitative estimate of drug-likeness (QED) is 0.0224. The Morgan fingerprint density at radius 3 is 0.955 bits per heavy atom. The number of aliphatic hydroxyl groups is 5. The summed E-state index contributed by atoms with van der Waals surface area (Å²) in [6.07, 6.45) is 15.1. The fraction of sp³-hybridized carbons (Fsp3) is 0.405. The normalized spacial score (nSPS) is 11.4. The van der Waals surface area contributed by atoms with Crippen molar-refractivity contribution in [1.82, 2.24) is 0 Å². The zero-order chi connectivity index (χ0) is 95.7. The minimum Gasteiger partial charge on any atom is -0.496 e. The predicted molar refractivity (Wildman–Crippen MR) is 540 cm³/mol. The lowest BCUT2D eigenvalue weighted by Gasteiger charge is -2.15. The number of para-hydroxylation sites is 2. The fourth-order valence-corrected chi connectivity index (χ4v) is 13.5. The van der Waals surface area contributed by atoms with Crippen molar-refractivity contribution in [2.45, 2.75) is 229 Å². The Morgan fingerprint density at radius 1 is 0.288 bits per heavy atom. The van der Waals surface area contributed by atoms with Gasteiger partial charge in [-0.3, -0.25) is 0 Å². The Bertz CT molecular complexity index is 4820. The molecule has 132 heavy (non-hydrogen) atoms. The third-order valence-corrected chi connectivity index (χ3v) is 21.4. The van der Waals surface area contributed by atoms with Gasteiger partial charge in [-0.05, 0) is 227 Å². The molecule has 4 unspecified atom stereocenters. The van der Waals surface area contributed by atoms with Crippen molar-refractivity contribution < 1.29 is 82.4 Å². The third kappa shape index (κ3) is 46.6. The maximum absolute atomic E-state index is 10.0. The van der Waals surface area contributed by atoms with E-state index in [9.17, 15) is 20.4 Å². The van der Waals surface area contributed by atoms with Crippen LogP contribution in [0.4, 0.5) is 0 Å². The number of hydrogen-bond donors (Lipinski definition) is 5. The van der Waals surface area contributed by atoms with Crippen LogP contribution in [0, 0.1) is 5.92 Å². The monoisotopic (exact) mass is 1890 g/mol. The molecule has 0 bridgehead atoms. The fourth-order valence-electron chi connectivity index (χ4n) is 12.5. The van der Waals surface area contributed by atoms with Crippen molar-refractivity contribution >= 4 is 46.4 Å². The van der Waals surface area contributed by atoms with Crippen molar-refractivity contribution in [1.29, 1.82) is 0 Å². The van der Waals surface area contributed by atoms with Crippen molar-refractivity contribution in [2.75, 3.05) is 60.5 Å². The summed E-state index contributed by atoms with van der Waals surface area (Å²) in [5.74, 6) is 9.90. The second-order valence-corrected chi connectivity index (χ2v) is 33.2. The molecule has 21 heteroatoms. The summed E-state index contributed by atoms with van der Waals surface area (Å²) in [6, 6.07) is 81.0. The number of benzene rings is 11. The highest BCUT2D eigenvalue weighted by molar-refractivity contribution is 6.36. The van der Waals surface area contributed by atoms with Crippen molar-refractivity contribution in [3.05, 3.63) is 319 Å². The van der Waals surface area contributed by atoms with E-state index in [1.54, 1.807) is 32.4 Å². The largest absolute Gasteiger partial charge is 0.496 e. The van der Waals surface area contributed by atoms with E-state index in [2.05, 4.69) is 71.9 Å². The van der Waals surface area contributed by atoms with E-state index in [1.807, 2.05) is 234 Å². The molecule has 0 aromatic heterocycles. The van der Waals surface area contributed by atoms with Gasteiger partial charge in [0.25, 0.3) is 0 Å². The number of aryl methyl sites for hydroxylation is 2. The molecule has 0 aliphatic rings. The van der Waals surface area contributed by atoms with Crippen LogP contribution in [0.15, 0.2) is 255 Å².